The van der Waals surface area contributed by atoms with Gasteiger partial charge >= 0.3 is 0 Å². The number of hydrogen-bond donors (Lipinski definition) is 2. The zero-order valence-electron chi connectivity index (χ0n) is 13.1. The molecule has 0 bridgehead atoms. The maximum absolute atomic E-state index is 13.9. The van der Waals surface area contributed by atoms with Gasteiger partial charge in [0.1, 0.15) is 11.9 Å². The Labute approximate surface area is 140 Å². The number of halogens is 1. The molecule has 0 saturated heterocycles. The van der Waals surface area contributed by atoms with Crippen LogP contribution < -0.4 is 10.6 Å². The lowest BCUT2D eigenvalue weighted by molar-refractivity contribution is -0.123. The highest BCUT2D eigenvalue weighted by Gasteiger charge is 2.28. The van der Waals surface area contributed by atoms with Crippen molar-refractivity contribution in [2.24, 2.45) is 0 Å². The summed E-state index contributed by atoms with van der Waals surface area (Å²) < 4.78 is 13.9. The molecule has 1 unspecified atom stereocenters. The summed E-state index contributed by atoms with van der Waals surface area (Å²) in [5.74, 6) is -0.503. The van der Waals surface area contributed by atoms with Gasteiger partial charge in [-0.2, -0.15) is 5.26 Å². The van der Waals surface area contributed by atoms with Gasteiger partial charge in [0.2, 0.25) is 5.91 Å². The lowest BCUT2D eigenvalue weighted by atomic mass is 10.0. The number of nitrogens with one attached hydrogen (secondary N) is 2. The lowest BCUT2D eigenvalue weighted by Crippen LogP contribution is -2.38. The maximum Gasteiger partial charge on any atom is 0.241 e. The SMILES string of the molecule is N#Cc1ccc(F)c(CNC(C(=O)NC2CC2)c2ccccc2)c1. The molecule has 0 radical (unpaired) electrons. The van der Waals surface area contributed by atoms with E-state index >= 15 is 0 Å². The first-order valence-electron chi connectivity index (χ1n) is 7.94. The van der Waals surface area contributed by atoms with E-state index in [2.05, 4.69) is 10.6 Å². The lowest BCUT2D eigenvalue weighted by Gasteiger charge is -2.19. The molecular weight excluding hydrogens is 305 g/mol. The summed E-state index contributed by atoms with van der Waals surface area (Å²) in [6.07, 6.45) is 2.01. The molecule has 2 aromatic carbocycles. The van der Waals surface area contributed by atoms with Gasteiger partial charge in [0, 0.05) is 18.2 Å². The van der Waals surface area contributed by atoms with Gasteiger partial charge in [-0.3, -0.25) is 10.1 Å². The molecule has 5 heteroatoms. The topological polar surface area (TPSA) is 64.9 Å². The second-order valence-electron chi connectivity index (χ2n) is 5.93. The quantitative estimate of drug-likeness (QED) is 0.859. The van der Waals surface area contributed by atoms with Gasteiger partial charge in [0.05, 0.1) is 11.6 Å². The molecule has 2 aromatic rings. The van der Waals surface area contributed by atoms with E-state index < -0.39 is 11.9 Å². The van der Waals surface area contributed by atoms with Crippen molar-refractivity contribution in [2.45, 2.75) is 31.5 Å². The normalized spacial score (nSPS) is 14.7. The molecule has 1 amide bonds. The predicted octanol–water partition coefficient (Wildman–Crippen LogP) is 2.81. The molecule has 1 aliphatic rings. The second-order valence-corrected chi connectivity index (χ2v) is 5.93. The number of carbonyl (C=O) groups excluding carboxylic acids is 1. The van der Waals surface area contributed by atoms with Crippen LogP contribution in [-0.4, -0.2) is 11.9 Å². The van der Waals surface area contributed by atoms with Crippen LogP contribution in [0.1, 0.15) is 35.6 Å². The molecule has 2 N–H and O–H groups in total. The number of amides is 1. The van der Waals surface area contributed by atoms with Crippen molar-refractivity contribution < 1.29 is 9.18 Å². The van der Waals surface area contributed by atoms with E-state index in [1.807, 2.05) is 36.4 Å². The van der Waals surface area contributed by atoms with Crippen LogP contribution in [0.3, 0.4) is 0 Å². The Bertz CT molecular complexity index is 766. The number of hydrogen-bond acceptors (Lipinski definition) is 3. The number of nitriles is 1. The Morgan fingerprint density at radius 1 is 1.25 bits per heavy atom. The fraction of sp³-hybridized carbons (Fsp3) is 0.263. The number of nitrogens with zero attached hydrogens (tertiary/aromatic N) is 1. The molecule has 0 spiro atoms. The maximum atomic E-state index is 13.9. The average molecular weight is 323 g/mol. The Morgan fingerprint density at radius 2 is 2.00 bits per heavy atom. The van der Waals surface area contributed by atoms with E-state index in [0.29, 0.717) is 11.1 Å². The van der Waals surface area contributed by atoms with Crippen LogP contribution in [0.2, 0.25) is 0 Å². The molecule has 0 heterocycles. The summed E-state index contributed by atoms with van der Waals surface area (Å²) >= 11 is 0. The van der Waals surface area contributed by atoms with Gasteiger partial charge in [-0.1, -0.05) is 30.3 Å². The van der Waals surface area contributed by atoms with Gasteiger partial charge in [0.15, 0.2) is 0 Å². The van der Waals surface area contributed by atoms with E-state index in [4.69, 9.17) is 5.26 Å². The van der Waals surface area contributed by atoms with Crippen molar-refractivity contribution in [3.8, 4) is 6.07 Å². The molecule has 24 heavy (non-hydrogen) atoms. The van der Waals surface area contributed by atoms with Crippen molar-refractivity contribution in [3.63, 3.8) is 0 Å². The minimum atomic E-state index is -0.558. The van der Waals surface area contributed by atoms with Crippen LogP contribution in [0.15, 0.2) is 48.5 Å². The highest BCUT2D eigenvalue weighted by atomic mass is 19.1. The molecule has 1 atom stereocenters. The van der Waals surface area contributed by atoms with Crippen molar-refractivity contribution in [1.29, 1.82) is 5.26 Å². The molecule has 122 valence electrons. The second kappa shape index (κ2) is 7.24. The molecule has 1 aliphatic carbocycles. The van der Waals surface area contributed by atoms with E-state index in [0.717, 1.165) is 18.4 Å². The highest BCUT2D eigenvalue weighted by molar-refractivity contribution is 5.83. The number of benzene rings is 2. The third-order valence-electron chi connectivity index (χ3n) is 3.99. The highest BCUT2D eigenvalue weighted by Crippen LogP contribution is 2.22. The first kappa shape index (κ1) is 16.2. The van der Waals surface area contributed by atoms with Gasteiger partial charge < -0.3 is 5.32 Å². The first-order valence-corrected chi connectivity index (χ1v) is 7.94. The van der Waals surface area contributed by atoms with E-state index in [9.17, 15) is 9.18 Å². The summed E-state index contributed by atoms with van der Waals surface area (Å²) in [4.78, 5) is 12.5. The number of carbonyl (C=O) groups is 1. The molecule has 1 saturated carbocycles. The van der Waals surface area contributed by atoms with Crippen molar-refractivity contribution >= 4 is 5.91 Å². The largest absolute Gasteiger partial charge is 0.352 e. The van der Waals surface area contributed by atoms with Crippen LogP contribution in [0.4, 0.5) is 4.39 Å². The molecule has 4 nitrogen and oxygen atoms in total. The van der Waals surface area contributed by atoms with Gasteiger partial charge in [-0.15, -0.1) is 0 Å². The Kier molecular flexibility index (Phi) is 4.88. The van der Waals surface area contributed by atoms with E-state index in [1.54, 1.807) is 0 Å². The van der Waals surface area contributed by atoms with E-state index in [-0.39, 0.29) is 18.5 Å². The average Bonchev–Trinajstić information content (AvgIpc) is 3.41. The smallest absolute Gasteiger partial charge is 0.241 e. The minimum absolute atomic E-state index is 0.111. The molecular formula is C19H18FN3O. The Morgan fingerprint density at radius 3 is 2.67 bits per heavy atom. The Hall–Kier alpha value is -2.71. The zero-order chi connectivity index (χ0) is 16.9. The van der Waals surface area contributed by atoms with Crippen LogP contribution in [-0.2, 0) is 11.3 Å². The summed E-state index contributed by atoms with van der Waals surface area (Å²) in [6.45, 7) is 0.166. The fourth-order valence-corrected chi connectivity index (χ4v) is 2.51. The standard InChI is InChI=1S/C19H18FN3O/c20-17-9-6-13(11-21)10-15(17)12-22-18(14-4-2-1-3-5-14)19(24)23-16-7-8-16/h1-6,9-10,16,18,22H,7-8,12H2,(H,23,24). The number of rotatable bonds is 6. The molecule has 3 rings (SSSR count). The fourth-order valence-electron chi connectivity index (χ4n) is 2.51. The summed E-state index contributed by atoms with van der Waals surface area (Å²) in [6, 6.07) is 15.3. The third kappa shape index (κ3) is 3.98. The van der Waals surface area contributed by atoms with Crippen molar-refractivity contribution in [3.05, 3.63) is 71.0 Å². The van der Waals surface area contributed by atoms with Crippen LogP contribution >= 0.6 is 0 Å². The van der Waals surface area contributed by atoms with Crippen LogP contribution in [0.5, 0.6) is 0 Å². The van der Waals surface area contributed by atoms with Crippen LogP contribution in [0.25, 0.3) is 0 Å². The minimum Gasteiger partial charge on any atom is -0.352 e. The van der Waals surface area contributed by atoms with E-state index in [1.165, 1.54) is 18.2 Å². The first-order chi connectivity index (χ1) is 11.7. The van der Waals surface area contributed by atoms with Crippen molar-refractivity contribution in [1.82, 2.24) is 10.6 Å². The molecule has 0 aliphatic heterocycles. The zero-order valence-corrected chi connectivity index (χ0v) is 13.1. The van der Waals surface area contributed by atoms with Gasteiger partial charge in [-0.05, 0) is 36.6 Å². The van der Waals surface area contributed by atoms with Crippen LogP contribution in [0, 0.1) is 17.1 Å². The summed E-state index contributed by atoms with van der Waals surface area (Å²) in [7, 11) is 0. The van der Waals surface area contributed by atoms with Crippen molar-refractivity contribution in [2.75, 3.05) is 0 Å². The molecule has 1 fully saturated rings. The summed E-state index contributed by atoms with van der Waals surface area (Å²) in [5.41, 5.74) is 1.59. The van der Waals surface area contributed by atoms with Gasteiger partial charge in [-0.25, -0.2) is 4.39 Å². The molecule has 0 aromatic heterocycles. The Balaban J connectivity index is 1.76. The van der Waals surface area contributed by atoms with Gasteiger partial charge in [0.25, 0.3) is 0 Å². The summed E-state index contributed by atoms with van der Waals surface area (Å²) in [5, 5.41) is 15.0. The monoisotopic (exact) mass is 323 g/mol. The predicted molar refractivity (Wildman–Crippen MR) is 88.3 cm³/mol. The third-order valence-corrected chi connectivity index (χ3v) is 3.99.